The van der Waals surface area contributed by atoms with Crippen molar-refractivity contribution in [2.45, 2.75) is 6.92 Å². The van der Waals surface area contributed by atoms with E-state index < -0.39 is 0 Å². The van der Waals surface area contributed by atoms with Gasteiger partial charge in [0, 0.05) is 0 Å². The van der Waals surface area contributed by atoms with Crippen LogP contribution < -0.4 is 0 Å². The lowest BCUT2D eigenvalue weighted by atomic mass is 10.4. The van der Waals surface area contributed by atoms with Gasteiger partial charge in [0.1, 0.15) is 0 Å². The highest BCUT2D eigenvalue weighted by molar-refractivity contribution is 14.1. The predicted octanol–water partition coefficient (Wildman–Crippen LogP) is 1.32. The summed E-state index contributed by atoms with van der Waals surface area (Å²) in [6, 6.07) is 0. The van der Waals surface area contributed by atoms with Gasteiger partial charge in [-0.25, -0.2) is 0 Å². The molecule has 0 heterocycles. The van der Waals surface area contributed by atoms with E-state index in [1.54, 1.807) is 0 Å². The average Bonchev–Trinajstić information content (AvgIpc) is 1.65. The van der Waals surface area contributed by atoms with Crippen molar-refractivity contribution in [1.29, 1.82) is 0 Å². The lowest BCUT2D eigenvalue weighted by Crippen LogP contribution is -1.78. The molecule has 6 heavy (non-hydrogen) atoms. The van der Waals surface area contributed by atoms with Crippen molar-refractivity contribution >= 4 is 22.6 Å². The first-order chi connectivity index (χ1) is 2.81. The number of aliphatic hydroxyl groups is 1. The van der Waals surface area contributed by atoms with E-state index in [0.29, 0.717) is 0 Å². The first kappa shape index (κ1) is 6.43. The van der Waals surface area contributed by atoms with Crippen molar-refractivity contribution in [3.63, 3.8) is 0 Å². The molecule has 0 aliphatic heterocycles. The van der Waals surface area contributed by atoms with Gasteiger partial charge in [-0.3, -0.25) is 0 Å². The van der Waals surface area contributed by atoms with E-state index in [0.717, 1.165) is 5.57 Å². The summed E-state index contributed by atoms with van der Waals surface area (Å²) in [5.41, 5.74) is 1.01. The Morgan fingerprint density at radius 2 is 2.50 bits per heavy atom. The van der Waals surface area contributed by atoms with Crippen LogP contribution in [0.5, 0.6) is 0 Å². The van der Waals surface area contributed by atoms with E-state index in [2.05, 4.69) is 22.6 Å². The van der Waals surface area contributed by atoms with E-state index >= 15 is 0 Å². The van der Waals surface area contributed by atoms with Gasteiger partial charge in [0.15, 0.2) is 0 Å². The first-order valence-electron chi connectivity index (χ1n) is 1.68. The minimum atomic E-state index is 0.183. The zero-order valence-electron chi connectivity index (χ0n) is 3.61. The second-order valence-electron chi connectivity index (χ2n) is 1.11. The van der Waals surface area contributed by atoms with Crippen LogP contribution in [0, 0.1) is 0 Å². The van der Waals surface area contributed by atoms with Crippen LogP contribution in [0.25, 0.3) is 0 Å². The third kappa shape index (κ3) is 2.66. The standard InChI is InChI=1S/C4H7IO/c1-4(2-5)3-6/h2,6H,3H2,1H3/b4-2-. The van der Waals surface area contributed by atoms with Gasteiger partial charge < -0.3 is 5.11 Å². The fourth-order valence-corrected chi connectivity index (χ4v) is 0.231. The van der Waals surface area contributed by atoms with Gasteiger partial charge in [0.2, 0.25) is 0 Å². The van der Waals surface area contributed by atoms with Crippen molar-refractivity contribution in [2.75, 3.05) is 6.61 Å². The van der Waals surface area contributed by atoms with Gasteiger partial charge in [-0.15, -0.1) is 0 Å². The summed E-state index contributed by atoms with van der Waals surface area (Å²) in [5.74, 6) is 0. The summed E-state index contributed by atoms with van der Waals surface area (Å²) in [4.78, 5) is 0. The van der Waals surface area contributed by atoms with E-state index in [1.165, 1.54) is 0 Å². The topological polar surface area (TPSA) is 20.2 Å². The summed E-state index contributed by atoms with van der Waals surface area (Å²) in [5, 5.41) is 8.26. The molecule has 0 spiro atoms. The Morgan fingerprint density at radius 1 is 2.00 bits per heavy atom. The molecule has 0 saturated heterocycles. The molecule has 0 unspecified atom stereocenters. The Labute approximate surface area is 51.2 Å². The monoisotopic (exact) mass is 198 g/mol. The number of hydrogen-bond donors (Lipinski definition) is 1. The third-order valence-electron chi connectivity index (χ3n) is 0.436. The summed E-state index contributed by atoms with van der Waals surface area (Å²) in [6.45, 7) is 2.06. The van der Waals surface area contributed by atoms with Crippen molar-refractivity contribution in [1.82, 2.24) is 0 Å². The van der Waals surface area contributed by atoms with Crippen LogP contribution >= 0.6 is 22.6 Å². The summed E-state index contributed by atoms with van der Waals surface area (Å²) < 4.78 is 1.86. The fourth-order valence-electron chi connectivity index (χ4n) is 0.0345. The minimum absolute atomic E-state index is 0.183. The van der Waals surface area contributed by atoms with Gasteiger partial charge in [-0.05, 0) is 16.6 Å². The summed E-state index contributed by atoms with van der Waals surface area (Å²) in [7, 11) is 0. The lowest BCUT2D eigenvalue weighted by Gasteiger charge is -1.83. The normalized spacial score (nSPS) is 12.2. The Kier molecular flexibility index (Phi) is 3.87. The van der Waals surface area contributed by atoms with Crippen LogP contribution in [-0.4, -0.2) is 11.7 Å². The van der Waals surface area contributed by atoms with Crippen LogP contribution in [0.3, 0.4) is 0 Å². The molecule has 2 heteroatoms. The maximum absolute atomic E-state index is 8.26. The minimum Gasteiger partial charge on any atom is -0.392 e. The van der Waals surface area contributed by atoms with Crippen LogP contribution in [0.4, 0.5) is 0 Å². The van der Waals surface area contributed by atoms with Crippen molar-refractivity contribution in [3.05, 3.63) is 9.66 Å². The molecule has 0 aliphatic rings. The van der Waals surface area contributed by atoms with Crippen molar-refractivity contribution in [3.8, 4) is 0 Å². The molecule has 0 atom stereocenters. The average molecular weight is 198 g/mol. The molecule has 0 aliphatic carbocycles. The molecule has 0 radical (unpaired) electrons. The molecule has 1 nitrogen and oxygen atoms in total. The van der Waals surface area contributed by atoms with Gasteiger partial charge in [-0.2, -0.15) is 0 Å². The van der Waals surface area contributed by atoms with Crippen LogP contribution in [0.15, 0.2) is 9.66 Å². The number of hydrogen-bond acceptors (Lipinski definition) is 1. The number of halogens is 1. The molecule has 0 fully saturated rings. The van der Waals surface area contributed by atoms with E-state index in [-0.39, 0.29) is 6.61 Å². The largest absolute Gasteiger partial charge is 0.392 e. The van der Waals surface area contributed by atoms with Gasteiger partial charge in [0.25, 0.3) is 0 Å². The Hall–Kier alpha value is 0.430. The second kappa shape index (κ2) is 3.61. The SMILES string of the molecule is C/C(=C/I)CO. The highest BCUT2D eigenvalue weighted by Gasteiger charge is 1.75. The summed E-state index contributed by atoms with van der Waals surface area (Å²) in [6.07, 6.45) is 0. The molecule has 36 valence electrons. The molecule has 1 N–H and O–H groups in total. The molecule has 0 aromatic rings. The molecular weight excluding hydrogens is 191 g/mol. The van der Waals surface area contributed by atoms with E-state index in [1.807, 2.05) is 11.0 Å². The molecule has 0 saturated carbocycles. The molecule has 0 bridgehead atoms. The Balaban J connectivity index is 3.22. The summed E-state index contributed by atoms with van der Waals surface area (Å²) >= 11 is 2.09. The zero-order valence-corrected chi connectivity index (χ0v) is 5.77. The Morgan fingerprint density at radius 3 is 2.50 bits per heavy atom. The predicted molar refractivity (Wildman–Crippen MR) is 34.9 cm³/mol. The van der Waals surface area contributed by atoms with Gasteiger partial charge >= 0.3 is 0 Å². The number of rotatable bonds is 1. The van der Waals surface area contributed by atoms with Crippen LogP contribution in [-0.2, 0) is 0 Å². The molecular formula is C4H7IO. The second-order valence-corrected chi connectivity index (χ2v) is 1.74. The van der Waals surface area contributed by atoms with Crippen molar-refractivity contribution in [2.24, 2.45) is 0 Å². The quantitative estimate of drug-likeness (QED) is 0.630. The maximum Gasteiger partial charge on any atom is 0.0646 e. The number of aliphatic hydroxyl groups excluding tert-OH is 1. The highest BCUT2D eigenvalue weighted by Crippen LogP contribution is 1.93. The van der Waals surface area contributed by atoms with E-state index in [4.69, 9.17) is 5.11 Å². The van der Waals surface area contributed by atoms with Gasteiger partial charge in [0.05, 0.1) is 6.61 Å². The molecule has 0 rings (SSSR count). The molecule has 0 amide bonds. The fraction of sp³-hybridized carbons (Fsp3) is 0.500. The Bertz CT molecular complexity index is 58.6. The van der Waals surface area contributed by atoms with Crippen LogP contribution in [0.2, 0.25) is 0 Å². The van der Waals surface area contributed by atoms with Gasteiger partial charge in [-0.1, -0.05) is 22.6 Å². The lowest BCUT2D eigenvalue weighted by molar-refractivity contribution is 0.332. The zero-order chi connectivity index (χ0) is 4.99. The molecule has 0 aromatic heterocycles. The highest BCUT2D eigenvalue weighted by atomic mass is 127. The van der Waals surface area contributed by atoms with Crippen molar-refractivity contribution < 1.29 is 5.11 Å². The third-order valence-corrected chi connectivity index (χ3v) is 1.50. The maximum atomic E-state index is 8.26. The smallest absolute Gasteiger partial charge is 0.0646 e. The van der Waals surface area contributed by atoms with E-state index in [9.17, 15) is 0 Å². The van der Waals surface area contributed by atoms with Crippen LogP contribution in [0.1, 0.15) is 6.92 Å². The first-order valence-corrected chi connectivity index (χ1v) is 2.92. The molecule has 0 aromatic carbocycles.